The molecule has 0 saturated carbocycles. The molecule has 50 heavy (non-hydrogen) atoms. The summed E-state index contributed by atoms with van der Waals surface area (Å²) >= 11 is 0. The largest absolute Gasteiger partial charge is 0.467 e. The van der Waals surface area contributed by atoms with Crippen molar-refractivity contribution < 1.29 is 47.7 Å². The maximum absolute atomic E-state index is 13.4. The lowest BCUT2D eigenvalue weighted by Gasteiger charge is -2.25. The minimum Gasteiger partial charge on any atom is -0.467 e. The Balaban J connectivity index is 2.19. The number of nitrogens with zero attached hydrogens (tertiary/aromatic N) is 2. The van der Waals surface area contributed by atoms with Crippen LogP contribution in [0.3, 0.4) is 0 Å². The SMILES string of the molecule is COC(=O)[C@H](Cc1cnc[nH]1)NC(=O)[C@H](CSSC[C@H](NC(=O)OC(C)(C)C)C(=O)N[C@@H](Cc1cnc[nH]1)C(=O)OC)NC(=O)OC(C)(C)C. The third-order valence-corrected chi connectivity index (χ3v) is 8.55. The summed E-state index contributed by atoms with van der Waals surface area (Å²) in [5.74, 6) is -2.96. The molecule has 4 atom stereocenters. The number of nitrogens with one attached hydrogen (secondary N) is 6. The maximum Gasteiger partial charge on any atom is 0.408 e. The molecule has 0 bridgehead atoms. The van der Waals surface area contributed by atoms with Gasteiger partial charge < -0.3 is 50.2 Å². The number of imidazole rings is 2. The topological polar surface area (TPSA) is 245 Å². The van der Waals surface area contributed by atoms with Crippen LogP contribution in [0.1, 0.15) is 52.9 Å². The lowest BCUT2D eigenvalue weighted by Crippen LogP contribution is -2.54. The second kappa shape index (κ2) is 19.7. The monoisotopic (exact) mass is 742 g/mol. The molecule has 0 aromatic carbocycles. The molecule has 2 heterocycles. The first-order valence-corrected chi connectivity index (χ1v) is 17.8. The van der Waals surface area contributed by atoms with Crippen molar-refractivity contribution in [3.8, 4) is 0 Å². The standard InChI is InChI=1S/C30H46N8O10S2/c1-29(2,3)47-27(43)37-21(23(39)35-19(25(41)45-7)9-17-11-31-15-33-17)13-49-50-14-22(38-28(44)48-30(4,5)6)24(40)36-20(26(42)46-8)10-18-12-32-16-34-18/h11-12,15-16,19-22H,9-10,13-14H2,1-8H3,(H,31,33)(H,32,34)(H,35,39)(H,36,40)(H,37,43)(H,38,44)/t19-,20-,21-,22-/m0/s1. The summed E-state index contributed by atoms with van der Waals surface area (Å²) in [5, 5.41) is 10.2. The lowest BCUT2D eigenvalue weighted by molar-refractivity contribution is -0.145. The third-order valence-electron chi connectivity index (χ3n) is 6.13. The lowest BCUT2D eigenvalue weighted by atomic mass is 10.1. The second-order valence-electron chi connectivity index (χ2n) is 12.7. The summed E-state index contributed by atoms with van der Waals surface area (Å²) in [6, 6.07) is -4.63. The second-order valence-corrected chi connectivity index (χ2v) is 15.2. The number of H-pyrrole nitrogens is 2. The van der Waals surface area contributed by atoms with E-state index in [-0.39, 0.29) is 24.3 Å². The van der Waals surface area contributed by atoms with Crippen molar-refractivity contribution in [3.05, 3.63) is 36.4 Å². The highest BCUT2D eigenvalue weighted by Crippen LogP contribution is 2.24. The predicted octanol–water partition coefficient (Wildman–Crippen LogP) is 1.40. The Labute approximate surface area is 297 Å². The number of carbonyl (C=O) groups excluding carboxylic acids is 6. The zero-order chi connectivity index (χ0) is 37.5. The van der Waals surface area contributed by atoms with Crippen LogP contribution in [-0.2, 0) is 51.0 Å². The van der Waals surface area contributed by atoms with Gasteiger partial charge in [-0.1, -0.05) is 21.6 Å². The van der Waals surface area contributed by atoms with Crippen LogP contribution in [0.4, 0.5) is 9.59 Å². The fourth-order valence-electron chi connectivity index (χ4n) is 3.95. The molecular formula is C30H46N8O10S2. The van der Waals surface area contributed by atoms with Gasteiger partial charge in [0.05, 0.1) is 26.9 Å². The fourth-order valence-corrected chi connectivity index (χ4v) is 6.27. The van der Waals surface area contributed by atoms with Crippen LogP contribution >= 0.6 is 21.6 Å². The van der Waals surface area contributed by atoms with Gasteiger partial charge in [0.25, 0.3) is 0 Å². The van der Waals surface area contributed by atoms with Crippen LogP contribution in [0.5, 0.6) is 0 Å². The molecule has 20 heteroatoms. The molecule has 0 fully saturated rings. The van der Waals surface area contributed by atoms with Crippen molar-refractivity contribution in [2.24, 2.45) is 0 Å². The Morgan fingerprint density at radius 1 is 0.640 bits per heavy atom. The number of esters is 2. The van der Waals surface area contributed by atoms with E-state index in [0.29, 0.717) is 11.4 Å². The number of aromatic amines is 2. The third kappa shape index (κ3) is 15.8. The average molecular weight is 743 g/mol. The number of hydrogen-bond acceptors (Lipinski definition) is 14. The quantitative estimate of drug-likeness (QED) is 0.0581. The summed E-state index contributed by atoms with van der Waals surface area (Å²) in [4.78, 5) is 90.8. The normalized spacial score (nSPS) is 13.8. The zero-order valence-electron chi connectivity index (χ0n) is 29.2. The Bertz CT molecular complexity index is 1310. The molecule has 2 aromatic rings. The van der Waals surface area contributed by atoms with Gasteiger partial charge in [-0.05, 0) is 41.5 Å². The van der Waals surface area contributed by atoms with E-state index < -0.39 is 71.3 Å². The van der Waals surface area contributed by atoms with Gasteiger partial charge in [-0.25, -0.2) is 29.1 Å². The summed E-state index contributed by atoms with van der Waals surface area (Å²) in [5.41, 5.74) is -0.614. The molecule has 18 nitrogen and oxygen atoms in total. The molecule has 4 amide bonds. The number of rotatable bonds is 17. The van der Waals surface area contributed by atoms with Crippen LogP contribution < -0.4 is 21.3 Å². The van der Waals surface area contributed by atoms with Crippen molar-refractivity contribution in [1.29, 1.82) is 0 Å². The van der Waals surface area contributed by atoms with E-state index in [0.717, 1.165) is 21.6 Å². The highest BCUT2D eigenvalue weighted by molar-refractivity contribution is 8.76. The molecule has 0 aliphatic heterocycles. The van der Waals surface area contributed by atoms with E-state index in [1.807, 2.05) is 0 Å². The van der Waals surface area contributed by atoms with E-state index >= 15 is 0 Å². The van der Waals surface area contributed by atoms with Crippen molar-refractivity contribution in [2.75, 3.05) is 25.7 Å². The molecule has 0 saturated heterocycles. The Morgan fingerprint density at radius 3 is 1.28 bits per heavy atom. The van der Waals surface area contributed by atoms with Gasteiger partial charge in [0.1, 0.15) is 35.4 Å². The first-order valence-electron chi connectivity index (χ1n) is 15.3. The van der Waals surface area contributed by atoms with Gasteiger partial charge in [-0.15, -0.1) is 0 Å². The summed E-state index contributed by atoms with van der Waals surface area (Å²) in [7, 11) is 4.54. The molecule has 0 unspecified atom stereocenters. The highest BCUT2D eigenvalue weighted by atomic mass is 33.1. The summed E-state index contributed by atoms with van der Waals surface area (Å²) in [6.45, 7) is 9.96. The molecule has 0 spiro atoms. The number of hydrogen-bond donors (Lipinski definition) is 6. The first kappa shape index (κ1) is 41.7. The van der Waals surface area contributed by atoms with E-state index in [9.17, 15) is 28.8 Å². The van der Waals surface area contributed by atoms with E-state index in [4.69, 9.17) is 18.9 Å². The van der Waals surface area contributed by atoms with E-state index in [1.165, 1.54) is 39.3 Å². The van der Waals surface area contributed by atoms with Crippen molar-refractivity contribution >= 4 is 57.5 Å². The predicted molar refractivity (Wildman–Crippen MR) is 184 cm³/mol. The summed E-state index contributed by atoms with van der Waals surface area (Å²) < 4.78 is 20.4. The molecule has 0 aliphatic carbocycles. The molecule has 6 N–H and O–H groups in total. The smallest absolute Gasteiger partial charge is 0.408 e. The van der Waals surface area contributed by atoms with E-state index in [2.05, 4.69) is 41.2 Å². The van der Waals surface area contributed by atoms with Crippen LogP contribution in [0.25, 0.3) is 0 Å². The minimum absolute atomic E-state index is 0.0412. The Hall–Kier alpha value is -4.46. The van der Waals surface area contributed by atoms with Crippen molar-refractivity contribution in [2.45, 2.75) is 89.8 Å². The number of alkyl carbamates (subject to hydrolysis) is 2. The fraction of sp³-hybridized carbons (Fsp3) is 0.600. The molecule has 2 aromatic heterocycles. The zero-order valence-corrected chi connectivity index (χ0v) is 30.9. The van der Waals surface area contributed by atoms with Crippen molar-refractivity contribution in [3.63, 3.8) is 0 Å². The van der Waals surface area contributed by atoms with Gasteiger partial charge >= 0.3 is 24.1 Å². The number of methoxy groups -OCH3 is 2. The van der Waals surface area contributed by atoms with Gasteiger partial charge in [0.2, 0.25) is 11.8 Å². The molecule has 0 aliphatic rings. The van der Waals surface area contributed by atoms with Gasteiger partial charge in [0.15, 0.2) is 0 Å². The number of aromatic nitrogens is 4. The molecule has 278 valence electrons. The molecule has 2 rings (SSSR count). The number of amides is 4. The Kier molecular flexibility index (Phi) is 16.4. The number of carbonyl (C=O) groups is 6. The first-order chi connectivity index (χ1) is 23.4. The number of ether oxygens (including phenoxy) is 4. The van der Waals surface area contributed by atoms with Gasteiger partial charge in [-0.3, -0.25) is 9.59 Å². The van der Waals surface area contributed by atoms with Crippen LogP contribution in [0, 0.1) is 0 Å². The van der Waals surface area contributed by atoms with Crippen LogP contribution in [-0.4, -0.2) is 117 Å². The van der Waals surface area contributed by atoms with Gasteiger partial charge in [-0.2, -0.15) is 0 Å². The van der Waals surface area contributed by atoms with Crippen LogP contribution in [0.15, 0.2) is 25.0 Å². The average Bonchev–Trinajstić information content (AvgIpc) is 3.73. The molecular weight excluding hydrogens is 697 g/mol. The van der Waals surface area contributed by atoms with Crippen molar-refractivity contribution in [1.82, 2.24) is 41.2 Å². The van der Waals surface area contributed by atoms with Crippen LogP contribution in [0.2, 0.25) is 0 Å². The Morgan fingerprint density at radius 2 is 1.00 bits per heavy atom. The van der Waals surface area contributed by atoms with E-state index in [1.54, 1.807) is 41.5 Å². The minimum atomic E-state index is -1.21. The molecule has 0 radical (unpaired) electrons. The highest BCUT2D eigenvalue weighted by Gasteiger charge is 2.32. The van der Waals surface area contributed by atoms with Gasteiger partial charge in [0, 0.05) is 48.1 Å². The maximum atomic E-state index is 13.4. The summed E-state index contributed by atoms with van der Waals surface area (Å²) in [6.07, 6.45) is 4.17.